The third-order valence-electron chi connectivity index (χ3n) is 4.59. The van der Waals surface area contributed by atoms with Gasteiger partial charge in [0.15, 0.2) is 0 Å². The fraction of sp³-hybridized carbons (Fsp3) is 1.00. The van der Waals surface area contributed by atoms with E-state index in [4.69, 9.17) is 0 Å². The third-order valence-corrected chi connectivity index (χ3v) is 4.59. The van der Waals surface area contributed by atoms with Crippen molar-refractivity contribution in [3.63, 3.8) is 0 Å². The van der Waals surface area contributed by atoms with Crippen LogP contribution >= 0.6 is 0 Å². The standard InChI is InChI=1S/C14H27NO/c1-12-6-5-9-14(16,10-8-12)13-7-3-2-4-11-15-13/h12-13,15-16H,2-11H2,1H3. The van der Waals surface area contributed by atoms with Crippen molar-refractivity contribution in [2.45, 2.75) is 76.4 Å². The first-order valence-corrected chi connectivity index (χ1v) is 7.16. The van der Waals surface area contributed by atoms with Gasteiger partial charge < -0.3 is 10.4 Å². The molecule has 0 radical (unpaired) electrons. The molecule has 1 saturated heterocycles. The minimum Gasteiger partial charge on any atom is -0.388 e. The summed E-state index contributed by atoms with van der Waals surface area (Å²) < 4.78 is 0. The van der Waals surface area contributed by atoms with Gasteiger partial charge in [0.05, 0.1) is 5.60 Å². The van der Waals surface area contributed by atoms with Crippen LogP contribution in [0.4, 0.5) is 0 Å². The van der Waals surface area contributed by atoms with Crippen LogP contribution < -0.4 is 5.32 Å². The lowest BCUT2D eigenvalue weighted by Crippen LogP contribution is -2.50. The molecular weight excluding hydrogens is 198 g/mol. The molecule has 1 aliphatic heterocycles. The van der Waals surface area contributed by atoms with Gasteiger partial charge in [-0.25, -0.2) is 0 Å². The van der Waals surface area contributed by atoms with Crippen molar-refractivity contribution < 1.29 is 5.11 Å². The van der Waals surface area contributed by atoms with Crippen molar-refractivity contribution in [2.24, 2.45) is 5.92 Å². The molecule has 3 unspecified atom stereocenters. The van der Waals surface area contributed by atoms with Gasteiger partial charge in [-0.2, -0.15) is 0 Å². The van der Waals surface area contributed by atoms with Crippen LogP contribution in [0.2, 0.25) is 0 Å². The molecule has 2 aliphatic rings. The molecule has 1 saturated carbocycles. The molecule has 1 aliphatic carbocycles. The van der Waals surface area contributed by atoms with E-state index in [0.717, 1.165) is 25.3 Å². The molecule has 2 heteroatoms. The lowest BCUT2D eigenvalue weighted by molar-refractivity contribution is -0.0144. The Labute approximate surface area is 99.8 Å². The zero-order valence-electron chi connectivity index (χ0n) is 10.7. The molecule has 2 N–H and O–H groups in total. The highest BCUT2D eigenvalue weighted by Crippen LogP contribution is 2.34. The van der Waals surface area contributed by atoms with E-state index in [1.54, 1.807) is 0 Å². The molecule has 94 valence electrons. The van der Waals surface area contributed by atoms with Crippen LogP contribution in [0.25, 0.3) is 0 Å². The van der Waals surface area contributed by atoms with Gasteiger partial charge in [0, 0.05) is 6.04 Å². The Balaban J connectivity index is 1.98. The Kier molecular flexibility index (Phi) is 4.26. The molecule has 0 bridgehead atoms. The second kappa shape index (κ2) is 5.50. The van der Waals surface area contributed by atoms with Crippen LogP contribution in [0.3, 0.4) is 0 Å². The highest BCUT2D eigenvalue weighted by atomic mass is 16.3. The highest BCUT2D eigenvalue weighted by molar-refractivity contribution is 4.94. The predicted octanol–water partition coefficient (Wildman–Crippen LogP) is 2.85. The molecule has 0 amide bonds. The maximum atomic E-state index is 10.9. The molecule has 0 spiro atoms. The topological polar surface area (TPSA) is 32.3 Å². The lowest BCUT2D eigenvalue weighted by atomic mass is 9.84. The summed E-state index contributed by atoms with van der Waals surface area (Å²) in [6, 6.07) is 0.361. The molecule has 0 aromatic heterocycles. The minimum absolute atomic E-state index is 0.361. The molecule has 1 heterocycles. The van der Waals surface area contributed by atoms with E-state index in [0.29, 0.717) is 6.04 Å². The van der Waals surface area contributed by atoms with Crippen molar-refractivity contribution in [3.8, 4) is 0 Å². The molecule has 16 heavy (non-hydrogen) atoms. The Morgan fingerprint density at radius 2 is 1.88 bits per heavy atom. The average molecular weight is 225 g/mol. The molecule has 3 atom stereocenters. The first kappa shape index (κ1) is 12.4. The van der Waals surface area contributed by atoms with Crippen LogP contribution in [0.5, 0.6) is 0 Å². The van der Waals surface area contributed by atoms with Crippen molar-refractivity contribution >= 4 is 0 Å². The summed E-state index contributed by atoms with van der Waals surface area (Å²) in [5.41, 5.74) is -0.408. The quantitative estimate of drug-likeness (QED) is 0.673. The molecule has 0 aromatic carbocycles. The number of aliphatic hydroxyl groups is 1. The summed E-state index contributed by atoms with van der Waals surface area (Å²) in [6.45, 7) is 3.43. The first-order valence-electron chi connectivity index (χ1n) is 7.16. The summed E-state index contributed by atoms with van der Waals surface area (Å²) in [4.78, 5) is 0. The van der Waals surface area contributed by atoms with E-state index in [2.05, 4.69) is 12.2 Å². The zero-order chi connectivity index (χ0) is 11.4. The Hall–Kier alpha value is -0.0800. The Bertz CT molecular complexity index is 211. The third kappa shape index (κ3) is 2.98. The van der Waals surface area contributed by atoms with Crippen LogP contribution in [-0.4, -0.2) is 23.3 Å². The molecule has 2 fully saturated rings. The van der Waals surface area contributed by atoms with E-state index >= 15 is 0 Å². The lowest BCUT2D eigenvalue weighted by Gasteiger charge is -2.35. The van der Waals surface area contributed by atoms with E-state index in [-0.39, 0.29) is 0 Å². The number of hydrogen-bond acceptors (Lipinski definition) is 2. The van der Waals surface area contributed by atoms with E-state index < -0.39 is 5.60 Å². The fourth-order valence-electron chi connectivity index (χ4n) is 3.36. The molecule has 2 nitrogen and oxygen atoms in total. The predicted molar refractivity (Wildman–Crippen MR) is 67.5 cm³/mol. The van der Waals surface area contributed by atoms with Crippen LogP contribution in [0.15, 0.2) is 0 Å². The van der Waals surface area contributed by atoms with E-state index in [1.807, 2.05) is 0 Å². The number of nitrogens with one attached hydrogen (secondary N) is 1. The zero-order valence-corrected chi connectivity index (χ0v) is 10.7. The van der Waals surface area contributed by atoms with Crippen molar-refractivity contribution in [1.82, 2.24) is 5.32 Å². The van der Waals surface area contributed by atoms with Crippen LogP contribution in [0, 0.1) is 5.92 Å². The van der Waals surface area contributed by atoms with E-state index in [1.165, 1.54) is 44.9 Å². The first-order chi connectivity index (χ1) is 7.71. The smallest absolute Gasteiger partial charge is 0.0800 e. The largest absolute Gasteiger partial charge is 0.388 e. The van der Waals surface area contributed by atoms with Gasteiger partial charge in [-0.15, -0.1) is 0 Å². The van der Waals surface area contributed by atoms with Gasteiger partial charge in [-0.05, 0) is 44.6 Å². The highest BCUT2D eigenvalue weighted by Gasteiger charge is 2.37. The second-order valence-corrected chi connectivity index (χ2v) is 6.00. The normalized spacial score (nSPS) is 42.4. The average Bonchev–Trinajstić information content (AvgIpc) is 2.62. The summed E-state index contributed by atoms with van der Waals surface area (Å²) in [5, 5.41) is 14.4. The number of rotatable bonds is 1. The summed E-state index contributed by atoms with van der Waals surface area (Å²) >= 11 is 0. The summed E-state index contributed by atoms with van der Waals surface area (Å²) in [7, 11) is 0. The fourth-order valence-corrected chi connectivity index (χ4v) is 3.36. The van der Waals surface area contributed by atoms with Gasteiger partial charge >= 0.3 is 0 Å². The van der Waals surface area contributed by atoms with Gasteiger partial charge in [-0.3, -0.25) is 0 Å². The van der Waals surface area contributed by atoms with Gasteiger partial charge in [0.2, 0.25) is 0 Å². The second-order valence-electron chi connectivity index (χ2n) is 6.00. The van der Waals surface area contributed by atoms with Gasteiger partial charge in [0.1, 0.15) is 0 Å². The monoisotopic (exact) mass is 225 g/mol. The van der Waals surface area contributed by atoms with Gasteiger partial charge in [-0.1, -0.05) is 32.6 Å². The Morgan fingerprint density at radius 1 is 1.00 bits per heavy atom. The summed E-state index contributed by atoms with van der Waals surface area (Å²) in [6.07, 6.45) is 10.8. The van der Waals surface area contributed by atoms with Crippen molar-refractivity contribution in [1.29, 1.82) is 0 Å². The number of hydrogen-bond donors (Lipinski definition) is 2. The van der Waals surface area contributed by atoms with Gasteiger partial charge in [0.25, 0.3) is 0 Å². The minimum atomic E-state index is -0.408. The Morgan fingerprint density at radius 3 is 2.75 bits per heavy atom. The van der Waals surface area contributed by atoms with Crippen LogP contribution in [-0.2, 0) is 0 Å². The van der Waals surface area contributed by atoms with Crippen LogP contribution in [0.1, 0.15) is 64.7 Å². The molecular formula is C14H27NO. The van der Waals surface area contributed by atoms with Crippen molar-refractivity contribution in [3.05, 3.63) is 0 Å². The van der Waals surface area contributed by atoms with E-state index in [9.17, 15) is 5.11 Å². The molecule has 0 aromatic rings. The summed E-state index contributed by atoms with van der Waals surface area (Å²) in [5.74, 6) is 0.805. The molecule has 2 rings (SSSR count). The van der Waals surface area contributed by atoms with Crippen molar-refractivity contribution in [2.75, 3.05) is 6.54 Å². The SMILES string of the molecule is CC1CCCC(O)(C2CCCCCN2)CC1. The maximum absolute atomic E-state index is 10.9. The maximum Gasteiger partial charge on any atom is 0.0800 e.